The molecule has 0 spiro atoms. The van der Waals surface area contributed by atoms with E-state index in [0.717, 1.165) is 68.5 Å². The molecule has 0 unspecified atom stereocenters. The number of benzene rings is 1. The lowest BCUT2D eigenvalue weighted by molar-refractivity contribution is 0.102. The van der Waals surface area contributed by atoms with E-state index < -0.39 is 0 Å². The number of halogens is 1. The van der Waals surface area contributed by atoms with Crippen LogP contribution in [0.15, 0.2) is 23.2 Å². The average molecular weight is 430 g/mol. The minimum absolute atomic E-state index is 0.0531. The monoisotopic (exact) mass is 429 g/mol. The molecule has 1 aliphatic carbocycles. The molecule has 7 N–H and O–H groups in total. The summed E-state index contributed by atoms with van der Waals surface area (Å²) in [5.74, 6) is 0.728. The van der Waals surface area contributed by atoms with Gasteiger partial charge in [-0.1, -0.05) is 11.6 Å². The van der Waals surface area contributed by atoms with Gasteiger partial charge >= 0.3 is 0 Å². The highest BCUT2D eigenvalue weighted by atomic mass is 35.5. The lowest BCUT2D eigenvalue weighted by Gasteiger charge is -2.42. The van der Waals surface area contributed by atoms with E-state index in [4.69, 9.17) is 39.2 Å². The van der Waals surface area contributed by atoms with Gasteiger partial charge < -0.3 is 22.1 Å². The summed E-state index contributed by atoms with van der Waals surface area (Å²) in [5, 5.41) is 9.23. The Balaban J connectivity index is 1.51. The molecule has 0 atom stereocenters. The predicted octanol–water partition coefficient (Wildman–Crippen LogP) is 1.73. The van der Waals surface area contributed by atoms with Crippen LogP contribution >= 0.6 is 11.6 Å². The van der Waals surface area contributed by atoms with Crippen molar-refractivity contribution in [2.45, 2.75) is 37.6 Å². The highest BCUT2D eigenvalue weighted by Crippen LogP contribution is 2.38. The Bertz CT molecular complexity index is 956. The zero-order valence-corrected chi connectivity index (χ0v) is 17.6. The Morgan fingerprint density at radius 2 is 1.73 bits per heavy atom. The van der Waals surface area contributed by atoms with Gasteiger partial charge in [-0.05, 0) is 43.9 Å². The van der Waals surface area contributed by atoms with Crippen molar-refractivity contribution in [2.24, 2.45) is 22.2 Å². The molecule has 2 aromatic rings. The molecule has 160 valence electrons. The van der Waals surface area contributed by atoms with E-state index >= 15 is 0 Å². The van der Waals surface area contributed by atoms with Gasteiger partial charge in [0.05, 0.1) is 11.2 Å². The third kappa shape index (κ3) is 4.41. The molecule has 1 saturated heterocycles. The minimum atomic E-state index is -0.0531. The maximum Gasteiger partial charge on any atom is 0.253 e. The van der Waals surface area contributed by atoms with Crippen LogP contribution in [-0.4, -0.2) is 63.9 Å². The highest BCUT2D eigenvalue weighted by molar-refractivity contribution is 6.31. The molecule has 0 radical (unpaired) electrons. The summed E-state index contributed by atoms with van der Waals surface area (Å²) in [6.45, 7) is 3.56. The van der Waals surface area contributed by atoms with Crippen LogP contribution in [0.5, 0.6) is 0 Å². The Hall–Kier alpha value is -2.65. The SMILES string of the molecule is N=C(N)N1CCN(C2CCC(c3nc(N=C(N)N)nc4ccc(Cl)cc34)CC2)CC1. The first-order valence-electron chi connectivity index (χ1n) is 10.3. The lowest BCUT2D eigenvalue weighted by Crippen LogP contribution is -2.53. The molecule has 1 aliphatic heterocycles. The Morgan fingerprint density at radius 1 is 1.03 bits per heavy atom. The number of fused-ring (bicyclic) bond motifs is 1. The van der Waals surface area contributed by atoms with Crippen LogP contribution in [0.2, 0.25) is 5.02 Å². The summed E-state index contributed by atoms with van der Waals surface area (Å²) in [7, 11) is 0. The Kier molecular flexibility index (Phi) is 5.92. The van der Waals surface area contributed by atoms with Crippen LogP contribution in [0.25, 0.3) is 10.9 Å². The van der Waals surface area contributed by atoms with Crippen molar-refractivity contribution in [1.82, 2.24) is 19.8 Å². The fourth-order valence-corrected chi connectivity index (χ4v) is 4.80. The number of nitrogens with two attached hydrogens (primary N) is 3. The smallest absolute Gasteiger partial charge is 0.253 e. The molecule has 10 heteroatoms. The second-order valence-corrected chi connectivity index (χ2v) is 8.46. The zero-order valence-electron chi connectivity index (χ0n) is 16.9. The van der Waals surface area contributed by atoms with Crippen LogP contribution in [0.1, 0.15) is 37.3 Å². The second-order valence-electron chi connectivity index (χ2n) is 8.02. The summed E-state index contributed by atoms with van der Waals surface area (Å²) in [4.78, 5) is 17.7. The van der Waals surface area contributed by atoms with Gasteiger partial charge in [0.15, 0.2) is 11.9 Å². The van der Waals surface area contributed by atoms with E-state index in [0.29, 0.717) is 22.9 Å². The Labute approximate surface area is 180 Å². The van der Waals surface area contributed by atoms with Crippen LogP contribution in [-0.2, 0) is 0 Å². The van der Waals surface area contributed by atoms with Gasteiger partial charge in [-0.3, -0.25) is 10.3 Å². The summed E-state index contributed by atoms with van der Waals surface area (Å²) >= 11 is 6.25. The summed E-state index contributed by atoms with van der Waals surface area (Å²) in [5.41, 5.74) is 18.5. The molecule has 2 fully saturated rings. The topological polar surface area (TPSA) is 147 Å². The van der Waals surface area contributed by atoms with Gasteiger partial charge in [0.2, 0.25) is 0 Å². The quantitative estimate of drug-likeness (QED) is 0.429. The van der Waals surface area contributed by atoms with E-state index in [1.807, 2.05) is 23.1 Å². The van der Waals surface area contributed by atoms with Crippen molar-refractivity contribution < 1.29 is 0 Å². The second kappa shape index (κ2) is 8.61. The number of nitrogens with one attached hydrogen (secondary N) is 1. The molecule has 9 nitrogen and oxygen atoms in total. The van der Waals surface area contributed by atoms with E-state index in [1.165, 1.54) is 0 Å². The summed E-state index contributed by atoms with van der Waals surface area (Å²) in [6.07, 6.45) is 4.29. The van der Waals surface area contributed by atoms with Gasteiger partial charge in [-0.2, -0.15) is 4.99 Å². The summed E-state index contributed by atoms with van der Waals surface area (Å²) in [6, 6.07) is 6.19. The minimum Gasteiger partial charge on any atom is -0.370 e. The number of rotatable bonds is 3. The van der Waals surface area contributed by atoms with Gasteiger partial charge in [-0.15, -0.1) is 0 Å². The van der Waals surface area contributed by atoms with Gasteiger partial charge in [0, 0.05) is 48.5 Å². The maximum atomic E-state index is 7.60. The number of aliphatic imine (C=N–C) groups is 1. The van der Waals surface area contributed by atoms with E-state index in [1.54, 1.807) is 0 Å². The average Bonchev–Trinajstić information content (AvgIpc) is 2.73. The predicted molar refractivity (Wildman–Crippen MR) is 120 cm³/mol. The van der Waals surface area contributed by atoms with Crippen LogP contribution in [0.3, 0.4) is 0 Å². The van der Waals surface area contributed by atoms with E-state index in [9.17, 15) is 0 Å². The third-order valence-electron chi connectivity index (χ3n) is 6.16. The molecule has 2 heterocycles. The molecule has 1 aromatic heterocycles. The number of nitrogens with zero attached hydrogens (tertiary/aromatic N) is 5. The molecule has 30 heavy (non-hydrogen) atoms. The van der Waals surface area contributed by atoms with Crippen molar-refractivity contribution in [1.29, 1.82) is 5.41 Å². The molecule has 1 aromatic carbocycles. The van der Waals surface area contributed by atoms with Gasteiger partial charge in [-0.25, -0.2) is 9.97 Å². The van der Waals surface area contributed by atoms with E-state index in [-0.39, 0.29) is 11.9 Å². The first-order valence-corrected chi connectivity index (χ1v) is 10.7. The molecule has 1 saturated carbocycles. The summed E-state index contributed by atoms with van der Waals surface area (Å²) < 4.78 is 0. The number of aromatic nitrogens is 2. The first kappa shape index (κ1) is 20.6. The Morgan fingerprint density at radius 3 is 2.37 bits per heavy atom. The van der Waals surface area contributed by atoms with Crippen molar-refractivity contribution in [2.75, 3.05) is 26.2 Å². The van der Waals surface area contributed by atoms with Crippen LogP contribution in [0.4, 0.5) is 5.95 Å². The number of piperazine rings is 1. The standard InChI is InChI=1S/C20H28ClN9/c21-13-3-6-16-15(11-13)17(27-20(26-16)28-18(22)23)12-1-4-14(5-2-12)29-7-9-30(10-8-29)19(24)25/h3,6,11-12,14H,1-2,4-5,7-10H2,(H3,24,25)(H4,22,23,26,27,28). The molecule has 0 bridgehead atoms. The molecule has 0 amide bonds. The molecular formula is C20H28ClN9. The number of hydrogen-bond donors (Lipinski definition) is 4. The molecular weight excluding hydrogens is 402 g/mol. The molecule has 4 rings (SSSR count). The van der Waals surface area contributed by atoms with Crippen LogP contribution in [0, 0.1) is 5.41 Å². The van der Waals surface area contributed by atoms with Gasteiger partial charge in [0.25, 0.3) is 5.95 Å². The van der Waals surface area contributed by atoms with Crippen molar-refractivity contribution in [3.8, 4) is 0 Å². The van der Waals surface area contributed by atoms with E-state index in [2.05, 4.69) is 14.9 Å². The largest absolute Gasteiger partial charge is 0.370 e. The maximum absolute atomic E-state index is 7.60. The van der Waals surface area contributed by atoms with Gasteiger partial charge in [0.1, 0.15) is 0 Å². The zero-order chi connectivity index (χ0) is 21.3. The van der Waals surface area contributed by atoms with Crippen molar-refractivity contribution >= 4 is 40.4 Å². The lowest BCUT2D eigenvalue weighted by atomic mass is 9.82. The highest BCUT2D eigenvalue weighted by Gasteiger charge is 2.30. The van der Waals surface area contributed by atoms with Crippen molar-refractivity contribution in [3.63, 3.8) is 0 Å². The third-order valence-corrected chi connectivity index (χ3v) is 6.39. The molecule has 2 aliphatic rings. The fraction of sp³-hybridized carbons (Fsp3) is 0.500. The fourth-order valence-electron chi connectivity index (χ4n) is 4.63. The number of guanidine groups is 2. The van der Waals surface area contributed by atoms with Crippen LogP contribution < -0.4 is 17.2 Å². The number of hydrogen-bond acceptors (Lipinski definition) is 5. The normalized spacial score (nSPS) is 22.8. The first-order chi connectivity index (χ1) is 14.4. The van der Waals surface area contributed by atoms with Crippen molar-refractivity contribution in [3.05, 3.63) is 28.9 Å².